The summed E-state index contributed by atoms with van der Waals surface area (Å²) in [5.41, 5.74) is 5.03. The third-order valence-corrected chi connectivity index (χ3v) is 3.62. The van der Waals surface area contributed by atoms with Crippen LogP contribution in [0.3, 0.4) is 0 Å². The van der Waals surface area contributed by atoms with E-state index in [9.17, 15) is 0 Å². The maximum absolute atomic E-state index is 4.69. The topological polar surface area (TPSA) is 29.9 Å². The first-order valence-electron chi connectivity index (χ1n) is 6.62. The molecule has 1 aliphatic rings. The second kappa shape index (κ2) is 4.48. The minimum Gasteiger partial charge on any atom is -0.370 e. The minimum absolute atomic E-state index is 1.06. The molecule has 0 aliphatic carbocycles. The number of aromatic nitrogens is 2. The van der Waals surface area contributed by atoms with E-state index >= 15 is 0 Å². The van der Waals surface area contributed by atoms with Crippen molar-refractivity contribution in [3.8, 4) is 11.3 Å². The average molecular weight is 241 g/mol. The fourth-order valence-corrected chi connectivity index (χ4v) is 2.60. The van der Waals surface area contributed by atoms with E-state index < -0.39 is 0 Å². The number of hydrogen-bond acceptors (Lipinski definition) is 2. The lowest BCUT2D eigenvalue weighted by Crippen LogP contribution is -2.04. The third-order valence-electron chi connectivity index (χ3n) is 3.62. The normalized spacial score (nSPS) is 14.8. The van der Waals surface area contributed by atoms with Crippen LogP contribution in [-0.2, 0) is 13.5 Å². The van der Waals surface area contributed by atoms with Gasteiger partial charge >= 0.3 is 0 Å². The Kier molecular flexibility index (Phi) is 2.82. The van der Waals surface area contributed by atoms with Crippen LogP contribution in [0.15, 0.2) is 24.3 Å². The van der Waals surface area contributed by atoms with Crippen molar-refractivity contribution >= 4 is 5.82 Å². The van der Waals surface area contributed by atoms with E-state index in [4.69, 9.17) is 0 Å². The number of anilines is 1. The van der Waals surface area contributed by atoms with Gasteiger partial charge in [-0.05, 0) is 26.2 Å². The maximum atomic E-state index is 4.69. The Bertz CT molecular complexity index is 552. The highest BCUT2D eigenvalue weighted by Crippen LogP contribution is 2.31. The summed E-state index contributed by atoms with van der Waals surface area (Å²) in [4.78, 5) is 0. The monoisotopic (exact) mass is 241 g/mol. The lowest BCUT2D eigenvalue weighted by atomic mass is 10.0. The van der Waals surface area contributed by atoms with Crippen molar-refractivity contribution in [2.24, 2.45) is 7.05 Å². The van der Waals surface area contributed by atoms with E-state index in [0.29, 0.717) is 0 Å². The highest BCUT2D eigenvalue weighted by atomic mass is 15.3. The summed E-state index contributed by atoms with van der Waals surface area (Å²) in [6, 6.07) is 8.65. The van der Waals surface area contributed by atoms with Gasteiger partial charge < -0.3 is 5.32 Å². The molecular formula is C15H19N3. The molecule has 0 fully saturated rings. The van der Waals surface area contributed by atoms with Gasteiger partial charge in [-0.15, -0.1) is 0 Å². The molecule has 0 atom stereocenters. The fraction of sp³-hybridized carbons (Fsp3) is 0.400. The molecule has 1 aromatic heterocycles. The number of rotatable bonds is 1. The summed E-state index contributed by atoms with van der Waals surface area (Å²) in [5.74, 6) is 1.20. The molecule has 0 amide bonds. The molecule has 0 unspecified atom stereocenters. The van der Waals surface area contributed by atoms with Crippen molar-refractivity contribution < 1.29 is 0 Å². The predicted octanol–water partition coefficient (Wildman–Crippen LogP) is 3.14. The molecule has 0 saturated carbocycles. The summed E-state index contributed by atoms with van der Waals surface area (Å²) in [6.45, 7) is 3.17. The zero-order chi connectivity index (χ0) is 12.5. The summed E-state index contributed by atoms with van der Waals surface area (Å²) >= 11 is 0. The van der Waals surface area contributed by atoms with Gasteiger partial charge in [-0.25, -0.2) is 0 Å². The van der Waals surface area contributed by atoms with E-state index in [1.54, 1.807) is 0 Å². The summed E-state index contributed by atoms with van der Waals surface area (Å²) in [7, 11) is 2.02. The molecule has 0 saturated heterocycles. The largest absolute Gasteiger partial charge is 0.370 e. The number of aryl methyl sites for hydroxylation is 2. The van der Waals surface area contributed by atoms with E-state index in [0.717, 1.165) is 18.7 Å². The Labute approximate surface area is 108 Å². The summed E-state index contributed by atoms with van der Waals surface area (Å²) in [5, 5.41) is 8.18. The van der Waals surface area contributed by atoms with Crippen molar-refractivity contribution in [3.63, 3.8) is 0 Å². The van der Waals surface area contributed by atoms with Crippen LogP contribution in [-0.4, -0.2) is 16.3 Å². The molecule has 94 valence electrons. The van der Waals surface area contributed by atoms with Crippen LogP contribution in [0.25, 0.3) is 11.3 Å². The van der Waals surface area contributed by atoms with Crippen LogP contribution in [0.5, 0.6) is 0 Å². The average Bonchev–Trinajstić information content (AvgIpc) is 2.56. The third kappa shape index (κ3) is 1.90. The number of benzene rings is 1. The van der Waals surface area contributed by atoms with Gasteiger partial charge in [0.2, 0.25) is 0 Å². The zero-order valence-corrected chi connectivity index (χ0v) is 11.0. The predicted molar refractivity (Wildman–Crippen MR) is 74.8 cm³/mol. The maximum Gasteiger partial charge on any atom is 0.127 e. The molecule has 0 radical (unpaired) electrons. The van der Waals surface area contributed by atoms with Crippen molar-refractivity contribution in [1.29, 1.82) is 0 Å². The second-order valence-electron chi connectivity index (χ2n) is 5.05. The highest BCUT2D eigenvalue weighted by Gasteiger charge is 2.18. The molecule has 2 aromatic rings. The molecule has 1 aliphatic heterocycles. The van der Waals surface area contributed by atoms with Gasteiger partial charge in [-0.2, -0.15) is 5.10 Å². The van der Waals surface area contributed by atoms with E-state index in [1.807, 2.05) is 11.7 Å². The molecular weight excluding hydrogens is 222 g/mol. The molecule has 0 bridgehead atoms. The van der Waals surface area contributed by atoms with Crippen LogP contribution in [0.4, 0.5) is 5.82 Å². The lowest BCUT2D eigenvalue weighted by molar-refractivity contribution is 0.757. The Balaban J connectivity index is 2.09. The van der Waals surface area contributed by atoms with Crippen molar-refractivity contribution in [1.82, 2.24) is 9.78 Å². The Morgan fingerprint density at radius 2 is 1.94 bits per heavy atom. The van der Waals surface area contributed by atoms with Gasteiger partial charge in [0.1, 0.15) is 5.82 Å². The number of hydrogen-bond donors (Lipinski definition) is 1. The van der Waals surface area contributed by atoms with Crippen LogP contribution in [0.1, 0.15) is 24.0 Å². The zero-order valence-electron chi connectivity index (χ0n) is 11.0. The molecule has 3 rings (SSSR count). The second-order valence-corrected chi connectivity index (χ2v) is 5.05. The Hall–Kier alpha value is -1.77. The first-order valence-corrected chi connectivity index (χ1v) is 6.62. The van der Waals surface area contributed by atoms with Crippen LogP contribution < -0.4 is 5.32 Å². The first kappa shape index (κ1) is 11.3. The van der Waals surface area contributed by atoms with Gasteiger partial charge in [0.25, 0.3) is 0 Å². The van der Waals surface area contributed by atoms with Gasteiger partial charge in [-0.3, -0.25) is 4.68 Å². The summed E-state index contributed by atoms with van der Waals surface area (Å²) < 4.78 is 1.98. The molecule has 3 heteroatoms. The number of nitrogens with one attached hydrogen (secondary N) is 1. The standard InChI is InChI=1S/C15H19N3/c1-11-6-8-12(9-7-11)14-13-5-3-4-10-16-15(13)18(2)17-14/h6-9,16H,3-5,10H2,1-2H3. The van der Waals surface area contributed by atoms with Crippen LogP contribution in [0, 0.1) is 6.92 Å². The highest BCUT2D eigenvalue weighted by molar-refractivity contribution is 5.69. The molecule has 2 heterocycles. The van der Waals surface area contributed by atoms with Gasteiger partial charge in [0, 0.05) is 24.7 Å². The molecule has 1 N–H and O–H groups in total. The van der Waals surface area contributed by atoms with Gasteiger partial charge in [0.05, 0.1) is 5.69 Å². The SMILES string of the molecule is Cc1ccc(-c2nn(C)c3c2CCCCN3)cc1. The number of fused-ring (bicyclic) bond motifs is 1. The van der Waals surface area contributed by atoms with Crippen molar-refractivity contribution in [2.75, 3.05) is 11.9 Å². The molecule has 0 spiro atoms. The Morgan fingerprint density at radius 3 is 2.72 bits per heavy atom. The number of nitrogens with zero attached hydrogens (tertiary/aromatic N) is 2. The fourth-order valence-electron chi connectivity index (χ4n) is 2.60. The van der Waals surface area contributed by atoms with Gasteiger partial charge in [-0.1, -0.05) is 29.8 Å². The van der Waals surface area contributed by atoms with Gasteiger partial charge in [0.15, 0.2) is 0 Å². The minimum atomic E-state index is 1.06. The van der Waals surface area contributed by atoms with E-state index in [1.165, 1.54) is 35.3 Å². The van der Waals surface area contributed by atoms with Crippen molar-refractivity contribution in [2.45, 2.75) is 26.2 Å². The van der Waals surface area contributed by atoms with Crippen LogP contribution >= 0.6 is 0 Å². The smallest absolute Gasteiger partial charge is 0.127 e. The molecule has 18 heavy (non-hydrogen) atoms. The molecule has 1 aromatic carbocycles. The summed E-state index contributed by atoms with van der Waals surface area (Å²) in [6.07, 6.45) is 3.60. The molecule has 3 nitrogen and oxygen atoms in total. The van der Waals surface area contributed by atoms with E-state index in [2.05, 4.69) is 41.6 Å². The van der Waals surface area contributed by atoms with Crippen LogP contribution in [0.2, 0.25) is 0 Å². The van der Waals surface area contributed by atoms with E-state index in [-0.39, 0.29) is 0 Å². The van der Waals surface area contributed by atoms with Crippen molar-refractivity contribution in [3.05, 3.63) is 35.4 Å². The lowest BCUT2D eigenvalue weighted by Gasteiger charge is -2.04. The quantitative estimate of drug-likeness (QED) is 0.831. The Morgan fingerprint density at radius 1 is 1.17 bits per heavy atom. The first-order chi connectivity index (χ1) is 8.75.